The first-order valence-corrected chi connectivity index (χ1v) is 2.93. The summed E-state index contributed by atoms with van der Waals surface area (Å²) in [6, 6.07) is 0.0590. The molecule has 0 spiro atoms. The van der Waals surface area contributed by atoms with Crippen LogP contribution in [0.2, 0.25) is 0 Å². The molecule has 2 N–H and O–H groups in total. The molecule has 1 unspecified atom stereocenters. The molecule has 0 aromatic carbocycles. The normalized spacial score (nSPS) is 24.3. The van der Waals surface area contributed by atoms with Gasteiger partial charge in [-0.05, 0) is 0 Å². The van der Waals surface area contributed by atoms with Crippen LogP contribution in [0.1, 0.15) is 0 Å². The minimum atomic E-state index is -0.257. The molecule has 1 heterocycles. The molecule has 10 heavy (non-hydrogen) atoms. The van der Waals surface area contributed by atoms with Crippen LogP contribution in [0.3, 0.4) is 0 Å². The van der Waals surface area contributed by atoms with Crippen molar-refractivity contribution in [1.82, 2.24) is 10.6 Å². The minimum absolute atomic E-state index is 0. The van der Waals surface area contributed by atoms with Crippen molar-refractivity contribution < 1.29 is 4.39 Å². The van der Waals surface area contributed by atoms with E-state index in [1.807, 2.05) is 0 Å². The van der Waals surface area contributed by atoms with Crippen molar-refractivity contribution in [3.8, 4) is 0 Å². The van der Waals surface area contributed by atoms with Gasteiger partial charge in [0.05, 0.1) is 0 Å². The third-order valence-corrected chi connectivity index (χ3v) is 1.31. The molecular weight excluding hydrogens is 178 g/mol. The summed E-state index contributed by atoms with van der Waals surface area (Å²) in [4.78, 5) is 0. The standard InChI is InChI=1S/C5H11FN2.2ClH/c6-3-5-4-7-1-2-8-5;;/h5,7-8H,1-4H2;2*1H. The summed E-state index contributed by atoms with van der Waals surface area (Å²) in [7, 11) is 0. The molecule has 64 valence electrons. The summed E-state index contributed by atoms with van der Waals surface area (Å²) >= 11 is 0. The lowest BCUT2D eigenvalue weighted by Gasteiger charge is -2.21. The predicted molar refractivity (Wildman–Crippen MR) is 45.1 cm³/mol. The number of halogens is 3. The van der Waals surface area contributed by atoms with Crippen molar-refractivity contribution >= 4 is 24.8 Å². The Hall–Kier alpha value is 0.430. The van der Waals surface area contributed by atoms with Gasteiger partial charge in [-0.15, -0.1) is 24.8 Å². The van der Waals surface area contributed by atoms with Gasteiger partial charge in [-0.2, -0.15) is 0 Å². The Morgan fingerprint density at radius 3 is 2.30 bits per heavy atom. The van der Waals surface area contributed by atoms with E-state index in [2.05, 4.69) is 10.6 Å². The quantitative estimate of drug-likeness (QED) is 0.625. The number of hydrogen-bond acceptors (Lipinski definition) is 2. The van der Waals surface area contributed by atoms with Crippen molar-refractivity contribution in [1.29, 1.82) is 0 Å². The van der Waals surface area contributed by atoms with Gasteiger partial charge in [-0.3, -0.25) is 0 Å². The average Bonchev–Trinajstić information content (AvgIpc) is 1.90. The molecule has 1 atom stereocenters. The van der Waals surface area contributed by atoms with Crippen molar-refractivity contribution in [2.24, 2.45) is 0 Å². The highest BCUT2D eigenvalue weighted by Gasteiger charge is 2.09. The van der Waals surface area contributed by atoms with E-state index in [1.54, 1.807) is 0 Å². The maximum Gasteiger partial charge on any atom is 0.106 e. The highest BCUT2D eigenvalue weighted by molar-refractivity contribution is 5.85. The second-order valence-corrected chi connectivity index (χ2v) is 2.01. The zero-order chi connectivity index (χ0) is 5.82. The molecule has 1 aliphatic rings. The van der Waals surface area contributed by atoms with E-state index in [0.29, 0.717) is 0 Å². The van der Waals surface area contributed by atoms with Crippen LogP contribution in [0.5, 0.6) is 0 Å². The zero-order valence-corrected chi connectivity index (χ0v) is 7.23. The average molecular weight is 191 g/mol. The predicted octanol–water partition coefficient (Wildman–Crippen LogP) is 0.361. The fourth-order valence-corrected chi connectivity index (χ4v) is 0.822. The van der Waals surface area contributed by atoms with E-state index in [4.69, 9.17) is 0 Å². The van der Waals surface area contributed by atoms with E-state index in [9.17, 15) is 4.39 Å². The summed E-state index contributed by atoms with van der Waals surface area (Å²) in [5, 5.41) is 6.11. The summed E-state index contributed by atoms with van der Waals surface area (Å²) in [5.41, 5.74) is 0. The van der Waals surface area contributed by atoms with Crippen LogP contribution < -0.4 is 10.6 Å². The third-order valence-electron chi connectivity index (χ3n) is 1.31. The van der Waals surface area contributed by atoms with Gasteiger partial charge >= 0.3 is 0 Å². The summed E-state index contributed by atoms with van der Waals surface area (Å²) in [6.45, 7) is 2.38. The van der Waals surface area contributed by atoms with E-state index in [0.717, 1.165) is 19.6 Å². The van der Waals surface area contributed by atoms with Crippen LogP contribution in [0.25, 0.3) is 0 Å². The molecule has 1 fully saturated rings. The number of piperazine rings is 1. The van der Waals surface area contributed by atoms with Crippen LogP contribution in [-0.4, -0.2) is 32.4 Å². The van der Waals surface area contributed by atoms with Gasteiger partial charge in [0.15, 0.2) is 0 Å². The Morgan fingerprint density at radius 2 is 2.00 bits per heavy atom. The van der Waals surface area contributed by atoms with Crippen LogP contribution in [0.4, 0.5) is 4.39 Å². The maximum absolute atomic E-state index is 11.8. The number of nitrogens with one attached hydrogen (secondary N) is 2. The molecule has 0 bridgehead atoms. The Labute approximate surface area is 72.8 Å². The van der Waals surface area contributed by atoms with E-state index < -0.39 is 0 Å². The topological polar surface area (TPSA) is 24.1 Å². The molecular formula is C5H13Cl2FN2. The van der Waals surface area contributed by atoms with Crippen molar-refractivity contribution in [3.05, 3.63) is 0 Å². The van der Waals surface area contributed by atoms with Crippen LogP contribution in [-0.2, 0) is 0 Å². The second kappa shape index (κ2) is 7.54. The van der Waals surface area contributed by atoms with E-state index >= 15 is 0 Å². The SMILES string of the molecule is Cl.Cl.FCC1CNCCN1. The van der Waals surface area contributed by atoms with Gasteiger partial charge in [-0.25, -0.2) is 4.39 Å². The van der Waals surface area contributed by atoms with Crippen molar-refractivity contribution in [2.45, 2.75) is 6.04 Å². The van der Waals surface area contributed by atoms with Gasteiger partial charge in [0.1, 0.15) is 6.67 Å². The highest BCUT2D eigenvalue weighted by atomic mass is 35.5. The molecule has 0 aromatic heterocycles. The van der Waals surface area contributed by atoms with Gasteiger partial charge in [-0.1, -0.05) is 0 Å². The largest absolute Gasteiger partial charge is 0.314 e. The number of rotatable bonds is 1. The first-order chi connectivity index (χ1) is 3.93. The van der Waals surface area contributed by atoms with Gasteiger partial charge in [0, 0.05) is 25.7 Å². The fraction of sp³-hybridized carbons (Fsp3) is 1.00. The van der Waals surface area contributed by atoms with E-state index in [1.165, 1.54) is 0 Å². The fourth-order valence-electron chi connectivity index (χ4n) is 0.822. The van der Waals surface area contributed by atoms with Crippen molar-refractivity contribution in [3.63, 3.8) is 0 Å². The van der Waals surface area contributed by atoms with Gasteiger partial charge in [0.25, 0.3) is 0 Å². The van der Waals surface area contributed by atoms with Gasteiger partial charge < -0.3 is 10.6 Å². The van der Waals surface area contributed by atoms with Crippen molar-refractivity contribution in [2.75, 3.05) is 26.3 Å². The molecule has 1 rings (SSSR count). The Kier molecular flexibility index (Phi) is 9.84. The lowest BCUT2D eigenvalue weighted by Crippen LogP contribution is -2.49. The molecule has 1 aliphatic heterocycles. The second-order valence-electron chi connectivity index (χ2n) is 2.01. The van der Waals surface area contributed by atoms with Crippen LogP contribution in [0, 0.1) is 0 Å². The first-order valence-electron chi connectivity index (χ1n) is 2.93. The Morgan fingerprint density at radius 1 is 1.30 bits per heavy atom. The molecule has 5 heteroatoms. The van der Waals surface area contributed by atoms with Gasteiger partial charge in [0.2, 0.25) is 0 Å². The molecule has 1 saturated heterocycles. The highest BCUT2D eigenvalue weighted by Crippen LogP contribution is 1.85. The number of hydrogen-bond donors (Lipinski definition) is 2. The zero-order valence-electron chi connectivity index (χ0n) is 5.60. The Balaban J connectivity index is 0. The smallest absolute Gasteiger partial charge is 0.106 e. The monoisotopic (exact) mass is 190 g/mol. The molecule has 0 saturated carbocycles. The molecule has 0 amide bonds. The first kappa shape index (κ1) is 13.1. The molecule has 0 radical (unpaired) electrons. The maximum atomic E-state index is 11.8. The molecule has 2 nitrogen and oxygen atoms in total. The summed E-state index contributed by atoms with van der Waals surface area (Å²) in [6.07, 6.45) is 0. The summed E-state index contributed by atoms with van der Waals surface area (Å²) in [5.74, 6) is 0. The van der Waals surface area contributed by atoms with E-state index in [-0.39, 0.29) is 37.5 Å². The van der Waals surface area contributed by atoms with Crippen LogP contribution >= 0.6 is 24.8 Å². The number of alkyl halides is 1. The summed E-state index contributed by atoms with van der Waals surface area (Å²) < 4.78 is 11.8. The molecule has 0 aromatic rings. The lowest BCUT2D eigenvalue weighted by atomic mass is 10.3. The van der Waals surface area contributed by atoms with Crippen LogP contribution in [0.15, 0.2) is 0 Å². The molecule has 0 aliphatic carbocycles. The lowest BCUT2D eigenvalue weighted by molar-refractivity contribution is 0.333. The third kappa shape index (κ3) is 4.28. The Bertz CT molecular complexity index is 68.7. The minimum Gasteiger partial charge on any atom is -0.314 e.